The molecule has 0 spiro atoms. The molecule has 92 valence electrons. The monoisotopic (exact) mass is 297 g/mol. The van der Waals surface area contributed by atoms with E-state index in [1.165, 1.54) is 0 Å². The Morgan fingerprint density at radius 1 is 1.47 bits per heavy atom. The molecule has 17 heavy (non-hydrogen) atoms. The molecular formula is C12H16BrN3O. The zero-order chi connectivity index (χ0) is 12.6. The first-order valence-corrected chi connectivity index (χ1v) is 6.32. The highest BCUT2D eigenvalue weighted by Crippen LogP contribution is 2.28. The summed E-state index contributed by atoms with van der Waals surface area (Å²) in [6, 6.07) is 3.64. The molecule has 4 nitrogen and oxygen atoms in total. The van der Waals surface area contributed by atoms with Crippen LogP contribution >= 0.6 is 15.9 Å². The van der Waals surface area contributed by atoms with Gasteiger partial charge in [-0.2, -0.15) is 5.10 Å². The summed E-state index contributed by atoms with van der Waals surface area (Å²) in [5.74, 6) is 0.832. The molecule has 2 atom stereocenters. The van der Waals surface area contributed by atoms with Crippen LogP contribution in [-0.2, 0) is 0 Å². The highest BCUT2D eigenvalue weighted by Gasteiger charge is 2.25. The second-order valence-corrected chi connectivity index (χ2v) is 5.04. The Hall–Kier alpha value is -1.07. The Labute approximate surface area is 109 Å². The van der Waals surface area contributed by atoms with Gasteiger partial charge >= 0.3 is 0 Å². The quantitative estimate of drug-likeness (QED) is 0.948. The van der Waals surface area contributed by atoms with Crippen molar-refractivity contribution in [1.29, 1.82) is 0 Å². The predicted octanol–water partition coefficient (Wildman–Crippen LogP) is 2.79. The van der Waals surface area contributed by atoms with Crippen LogP contribution in [0.25, 0.3) is 0 Å². The van der Waals surface area contributed by atoms with Crippen LogP contribution in [0, 0.1) is 13.8 Å². The van der Waals surface area contributed by atoms with Crippen LogP contribution in [0.2, 0.25) is 0 Å². The Bertz CT molecular complexity index is 502. The Balaban J connectivity index is 2.51. The standard InChI is InChI=1S/C12H16BrN3O/c1-7(14)12(10-5-4-6-17-10)16-9(3)11(13)8(2)15-16/h4-7,12H,14H2,1-3H3. The number of hydrogen-bond acceptors (Lipinski definition) is 3. The van der Waals surface area contributed by atoms with Gasteiger partial charge in [0.2, 0.25) is 0 Å². The summed E-state index contributed by atoms with van der Waals surface area (Å²) in [5, 5.41) is 4.52. The molecule has 0 amide bonds. The number of rotatable bonds is 3. The van der Waals surface area contributed by atoms with Crippen LogP contribution in [0.5, 0.6) is 0 Å². The second kappa shape index (κ2) is 4.66. The van der Waals surface area contributed by atoms with Gasteiger partial charge in [0.25, 0.3) is 0 Å². The number of halogens is 1. The van der Waals surface area contributed by atoms with Crippen molar-refractivity contribution < 1.29 is 4.42 Å². The smallest absolute Gasteiger partial charge is 0.129 e. The van der Waals surface area contributed by atoms with Gasteiger partial charge in [0, 0.05) is 6.04 Å². The van der Waals surface area contributed by atoms with E-state index < -0.39 is 0 Å². The fourth-order valence-electron chi connectivity index (χ4n) is 1.98. The van der Waals surface area contributed by atoms with E-state index in [0.717, 1.165) is 21.6 Å². The first-order chi connectivity index (χ1) is 8.02. The molecule has 0 radical (unpaired) electrons. The van der Waals surface area contributed by atoms with E-state index >= 15 is 0 Å². The number of nitrogens with zero attached hydrogens (tertiary/aromatic N) is 2. The van der Waals surface area contributed by atoms with Gasteiger partial charge in [0.1, 0.15) is 11.8 Å². The number of nitrogens with two attached hydrogens (primary N) is 1. The van der Waals surface area contributed by atoms with Gasteiger partial charge in [0.05, 0.1) is 22.1 Å². The van der Waals surface area contributed by atoms with E-state index in [9.17, 15) is 0 Å². The maximum atomic E-state index is 6.05. The van der Waals surface area contributed by atoms with E-state index in [4.69, 9.17) is 10.2 Å². The first-order valence-electron chi connectivity index (χ1n) is 5.52. The summed E-state index contributed by atoms with van der Waals surface area (Å²) in [6.45, 7) is 5.94. The van der Waals surface area contributed by atoms with Gasteiger partial charge in [-0.3, -0.25) is 4.68 Å². The Kier molecular flexibility index (Phi) is 3.40. The zero-order valence-corrected chi connectivity index (χ0v) is 11.7. The highest BCUT2D eigenvalue weighted by atomic mass is 79.9. The predicted molar refractivity (Wildman–Crippen MR) is 69.9 cm³/mol. The molecule has 0 aliphatic heterocycles. The lowest BCUT2D eigenvalue weighted by Gasteiger charge is -2.20. The molecular weight excluding hydrogens is 282 g/mol. The SMILES string of the molecule is Cc1nn(C(c2ccco2)C(C)N)c(C)c1Br. The molecule has 2 aromatic heterocycles. The molecule has 2 aromatic rings. The lowest BCUT2D eigenvalue weighted by Crippen LogP contribution is -2.31. The maximum Gasteiger partial charge on any atom is 0.129 e. The maximum absolute atomic E-state index is 6.05. The van der Waals surface area contributed by atoms with Gasteiger partial charge in [-0.1, -0.05) is 0 Å². The molecule has 0 fully saturated rings. The number of furan rings is 1. The molecule has 2 N–H and O–H groups in total. The van der Waals surface area contributed by atoms with Crippen molar-refractivity contribution in [2.45, 2.75) is 32.9 Å². The van der Waals surface area contributed by atoms with Crippen molar-refractivity contribution in [1.82, 2.24) is 9.78 Å². The third-order valence-electron chi connectivity index (χ3n) is 2.83. The van der Waals surface area contributed by atoms with Gasteiger partial charge in [0.15, 0.2) is 0 Å². The molecule has 0 aromatic carbocycles. The summed E-state index contributed by atoms with van der Waals surface area (Å²) >= 11 is 3.53. The van der Waals surface area contributed by atoms with E-state index in [2.05, 4.69) is 21.0 Å². The van der Waals surface area contributed by atoms with Gasteiger partial charge in [-0.15, -0.1) is 0 Å². The summed E-state index contributed by atoms with van der Waals surface area (Å²) in [5.41, 5.74) is 8.07. The minimum Gasteiger partial charge on any atom is -0.467 e. The highest BCUT2D eigenvalue weighted by molar-refractivity contribution is 9.10. The van der Waals surface area contributed by atoms with Crippen molar-refractivity contribution in [2.24, 2.45) is 5.73 Å². The average molecular weight is 298 g/mol. The summed E-state index contributed by atoms with van der Waals surface area (Å²) in [6.07, 6.45) is 1.66. The molecule has 0 saturated heterocycles. The number of aromatic nitrogens is 2. The zero-order valence-electron chi connectivity index (χ0n) is 10.1. The van der Waals surface area contributed by atoms with Crippen LogP contribution in [0.1, 0.15) is 30.1 Å². The fourth-order valence-corrected chi connectivity index (χ4v) is 2.24. The van der Waals surface area contributed by atoms with Crippen LogP contribution in [0.3, 0.4) is 0 Å². The minimum atomic E-state index is -0.0777. The summed E-state index contributed by atoms with van der Waals surface area (Å²) < 4.78 is 8.40. The topological polar surface area (TPSA) is 57.0 Å². The summed E-state index contributed by atoms with van der Waals surface area (Å²) in [4.78, 5) is 0. The van der Waals surface area contributed by atoms with E-state index in [0.29, 0.717) is 0 Å². The third-order valence-corrected chi connectivity index (χ3v) is 3.98. The van der Waals surface area contributed by atoms with Crippen LogP contribution < -0.4 is 5.73 Å². The first kappa shape index (κ1) is 12.4. The molecule has 0 aliphatic rings. The normalized spacial score (nSPS) is 14.9. The lowest BCUT2D eigenvalue weighted by atomic mass is 10.1. The van der Waals surface area contributed by atoms with E-state index in [-0.39, 0.29) is 12.1 Å². The summed E-state index contributed by atoms with van der Waals surface area (Å²) in [7, 11) is 0. The molecule has 2 rings (SSSR count). The molecule has 5 heteroatoms. The van der Waals surface area contributed by atoms with Crippen molar-refractivity contribution in [2.75, 3.05) is 0 Å². The molecule has 0 bridgehead atoms. The fraction of sp³-hybridized carbons (Fsp3) is 0.417. The largest absolute Gasteiger partial charge is 0.467 e. The van der Waals surface area contributed by atoms with Crippen molar-refractivity contribution in [3.63, 3.8) is 0 Å². The van der Waals surface area contributed by atoms with Crippen LogP contribution in [0.15, 0.2) is 27.3 Å². The van der Waals surface area contributed by atoms with E-state index in [1.807, 2.05) is 37.6 Å². The van der Waals surface area contributed by atoms with Crippen molar-refractivity contribution in [3.8, 4) is 0 Å². The lowest BCUT2D eigenvalue weighted by molar-refractivity contribution is 0.362. The average Bonchev–Trinajstić information content (AvgIpc) is 2.85. The molecule has 0 aliphatic carbocycles. The van der Waals surface area contributed by atoms with Crippen molar-refractivity contribution in [3.05, 3.63) is 40.0 Å². The van der Waals surface area contributed by atoms with Gasteiger partial charge < -0.3 is 10.2 Å². The van der Waals surface area contributed by atoms with E-state index in [1.54, 1.807) is 6.26 Å². The minimum absolute atomic E-state index is 0.0741. The van der Waals surface area contributed by atoms with Crippen LogP contribution in [0.4, 0.5) is 0 Å². The Morgan fingerprint density at radius 2 is 2.18 bits per heavy atom. The van der Waals surface area contributed by atoms with Gasteiger partial charge in [-0.05, 0) is 48.8 Å². The van der Waals surface area contributed by atoms with Gasteiger partial charge in [-0.25, -0.2) is 0 Å². The molecule has 0 saturated carbocycles. The third kappa shape index (κ3) is 2.17. The van der Waals surface area contributed by atoms with Crippen molar-refractivity contribution >= 4 is 15.9 Å². The second-order valence-electron chi connectivity index (χ2n) is 4.25. The number of hydrogen-bond donors (Lipinski definition) is 1. The molecule has 2 heterocycles. The van der Waals surface area contributed by atoms with Crippen LogP contribution in [-0.4, -0.2) is 15.8 Å². The Morgan fingerprint density at radius 3 is 2.59 bits per heavy atom. The number of aryl methyl sites for hydroxylation is 1. The molecule has 2 unspecified atom stereocenters.